The minimum atomic E-state index is -4.33. The first-order chi connectivity index (χ1) is 9.68. The zero-order valence-electron chi connectivity index (χ0n) is 12.3. The number of nitrogens with two attached hydrogens (primary N) is 1. The lowest BCUT2D eigenvalue weighted by atomic mass is 9.92. The van der Waals surface area contributed by atoms with Gasteiger partial charge in [0.15, 0.2) is 0 Å². The molecule has 2 N–H and O–H groups in total. The molecular formula is C17H18F3N. The first kappa shape index (κ1) is 15.6. The number of rotatable bonds is 2. The molecule has 0 aliphatic rings. The zero-order chi connectivity index (χ0) is 15.8. The van der Waals surface area contributed by atoms with Crippen LogP contribution in [-0.4, -0.2) is 0 Å². The highest BCUT2D eigenvalue weighted by molar-refractivity contribution is 5.41. The number of hydrogen-bond donors (Lipinski definition) is 1. The first-order valence-corrected chi connectivity index (χ1v) is 6.70. The lowest BCUT2D eigenvalue weighted by Gasteiger charge is -2.18. The minimum absolute atomic E-state index is 0.425. The molecular weight excluding hydrogens is 275 g/mol. The Morgan fingerprint density at radius 2 is 1.48 bits per heavy atom. The lowest BCUT2D eigenvalue weighted by molar-refractivity contribution is -0.137. The molecule has 0 aliphatic carbocycles. The van der Waals surface area contributed by atoms with Crippen LogP contribution in [0.25, 0.3) is 0 Å². The van der Waals surface area contributed by atoms with Gasteiger partial charge in [-0.3, -0.25) is 0 Å². The molecule has 1 nitrogen and oxygen atoms in total. The third-order valence-corrected chi connectivity index (χ3v) is 3.54. The summed E-state index contributed by atoms with van der Waals surface area (Å²) in [7, 11) is 0. The van der Waals surface area contributed by atoms with Crippen molar-refractivity contribution in [3.8, 4) is 0 Å². The number of aryl methyl sites for hydroxylation is 3. The fourth-order valence-corrected chi connectivity index (χ4v) is 2.57. The Morgan fingerprint density at radius 3 is 1.95 bits per heavy atom. The molecule has 1 unspecified atom stereocenters. The highest BCUT2D eigenvalue weighted by Gasteiger charge is 2.31. The molecule has 0 radical (unpaired) electrons. The van der Waals surface area contributed by atoms with E-state index in [0.29, 0.717) is 11.1 Å². The summed E-state index contributed by atoms with van der Waals surface area (Å²) in [5.41, 5.74) is 9.95. The number of hydrogen-bond acceptors (Lipinski definition) is 1. The van der Waals surface area contributed by atoms with Gasteiger partial charge in [-0.05, 0) is 49.6 Å². The monoisotopic (exact) mass is 293 g/mol. The number of alkyl halides is 3. The summed E-state index contributed by atoms with van der Waals surface area (Å²) in [4.78, 5) is 0. The molecule has 0 bridgehead atoms. The smallest absolute Gasteiger partial charge is 0.320 e. The Bertz CT molecular complexity index is 639. The van der Waals surface area contributed by atoms with Crippen LogP contribution in [0.1, 0.15) is 39.4 Å². The van der Waals surface area contributed by atoms with Gasteiger partial charge in [-0.25, -0.2) is 0 Å². The van der Waals surface area contributed by atoms with Crippen molar-refractivity contribution >= 4 is 0 Å². The SMILES string of the molecule is Cc1cc(C)cc(C(N)c2ccc(C(F)(F)F)cc2C)c1. The molecule has 21 heavy (non-hydrogen) atoms. The Labute approximate surface area is 122 Å². The summed E-state index contributed by atoms with van der Waals surface area (Å²) in [5.74, 6) is 0. The van der Waals surface area contributed by atoms with Gasteiger partial charge in [0.1, 0.15) is 0 Å². The van der Waals surface area contributed by atoms with Crippen LogP contribution >= 0.6 is 0 Å². The molecule has 0 saturated heterocycles. The first-order valence-electron chi connectivity index (χ1n) is 6.70. The standard InChI is InChI=1S/C17H18F3N/c1-10-6-11(2)8-13(7-10)16(21)15-5-4-14(9-12(15)3)17(18,19)20/h4-9,16H,21H2,1-3H3. The summed E-state index contributed by atoms with van der Waals surface area (Å²) in [6, 6.07) is 9.26. The van der Waals surface area contributed by atoms with Crippen molar-refractivity contribution in [2.45, 2.75) is 33.0 Å². The van der Waals surface area contributed by atoms with E-state index >= 15 is 0 Å². The van der Waals surface area contributed by atoms with Gasteiger partial charge in [-0.15, -0.1) is 0 Å². The molecule has 2 aromatic rings. The van der Waals surface area contributed by atoms with E-state index in [4.69, 9.17) is 5.73 Å². The van der Waals surface area contributed by atoms with E-state index in [2.05, 4.69) is 0 Å². The molecule has 0 heterocycles. The maximum Gasteiger partial charge on any atom is 0.416 e. The van der Waals surface area contributed by atoms with Crippen LogP contribution in [0, 0.1) is 20.8 Å². The molecule has 2 aromatic carbocycles. The van der Waals surface area contributed by atoms with Crippen LogP contribution in [0.3, 0.4) is 0 Å². The molecule has 2 rings (SSSR count). The van der Waals surface area contributed by atoms with E-state index in [1.807, 2.05) is 32.0 Å². The molecule has 0 spiro atoms. The largest absolute Gasteiger partial charge is 0.416 e. The van der Waals surface area contributed by atoms with Crippen molar-refractivity contribution < 1.29 is 13.2 Å². The second-order valence-electron chi connectivity index (χ2n) is 5.47. The fraction of sp³-hybridized carbons (Fsp3) is 0.294. The van der Waals surface area contributed by atoms with Gasteiger partial charge in [0.05, 0.1) is 11.6 Å². The van der Waals surface area contributed by atoms with Crippen molar-refractivity contribution in [3.05, 3.63) is 69.8 Å². The molecule has 4 heteroatoms. The van der Waals surface area contributed by atoms with Crippen molar-refractivity contribution in [1.29, 1.82) is 0 Å². The second-order valence-corrected chi connectivity index (χ2v) is 5.47. The van der Waals surface area contributed by atoms with Gasteiger partial charge in [0.25, 0.3) is 0 Å². The molecule has 112 valence electrons. The lowest BCUT2D eigenvalue weighted by Crippen LogP contribution is -2.15. The predicted octanol–water partition coefficient (Wildman–Crippen LogP) is 4.68. The van der Waals surface area contributed by atoms with Crippen LogP contribution in [0.4, 0.5) is 13.2 Å². The van der Waals surface area contributed by atoms with E-state index in [1.165, 1.54) is 6.07 Å². The predicted molar refractivity (Wildman–Crippen MR) is 78.1 cm³/mol. The minimum Gasteiger partial charge on any atom is -0.320 e. The van der Waals surface area contributed by atoms with Crippen molar-refractivity contribution in [3.63, 3.8) is 0 Å². The third kappa shape index (κ3) is 3.45. The Hall–Kier alpha value is -1.81. The van der Waals surface area contributed by atoms with Crippen LogP contribution in [0.5, 0.6) is 0 Å². The van der Waals surface area contributed by atoms with Gasteiger partial charge >= 0.3 is 6.18 Å². The summed E-state index contributed by atoms with van der Waals surface area (Å²) < 4.78 is 38.1. The van der Waals surface area contributed by atoms with Crippen molar-refractivity contribution in [2.75, 3.05) is 0 Å². The van der Waals surface area contributed by atoms with Crippen LogP contribution in [0.2, 0.25) is 0 Å². The Balaban J connectivity index is 2.42. The number of halogens is 3. The summed E-state index contributed by atoms with van der Waals surface area (Å²) >= 11 is 0. The summed E-state index contributed by atoms with van der Waals surface area (Å²) in [5, 5.41) is 0. The molecule has 0 aliphatic heterocycles. The van der Waals surface area contributed by atoms with Crippen LogP contribution < -0.4 is 5.73 Å². The second kappa shape index (κ2) is 5.53. The van der Waals surface area contributed by atoms with Crippen LogP contribution in [0.15, 0.2) is 36.4 Å². The average molecular weight is 293 g/mol. The maximum atomic E-state index is 12.7. The average Bonchev–Trinajstić information content (AvgIpc) is 2.35. The van der Waals surface area contributed by atoms with Crippen molar-refractivity contribution in [1.82, 2.24) is 0 Å². The zero-order valence-corrected chi connectivity index (χ0v) is 12.3. The highest BCUT2D eigenvalue weighted by atomic mass is 19.4. The molecule has 0 amide bonds. The number of benzene rings is 2. The molecule has 0 saturated carbocycles. The van der Waals surface area contributed by atoms with Gasteiger partial charge in [-0.2, -0.15) is 13.2 Å². The van der Waals surface area contributed by atoms with Crippen LogP contribution in [-0.2, 0) is 6.18 Å². The van der Waals surface area contributed by atoms with E-state index in [1.54, 1.807) is 6.92 Å². The maximum absolute atomic E-state index is 12.7. The molecule has 1 atom stereocenters. The topological polar surface area (TPSA) is 26.0 Å². The van der Waals surface area contributed by atoms with E-state index in [-0.39, 0.29) is 0 Å². The Morgan fingerprint density at radius 1 is 0.905 bits per heavy atom. The third-order valence-electron chi connectivity index (χ3n) is 3.54. The quantitative estimate of drug-likeness (QED) is 0.855. The fourth-order valence-electron chi connectivity index (χ4n) is 2.57. The molecule has 0 aromatic heterocycles. The molecule has 0 fully saturated rings. The van der Waals surface area contributed by atoms with E-state index < -0.39 is 17.8 Å². The Kier molecular flexibility index (Phi) is 4.10. The van der Waals surface area contributed by atoms with Gasteiger partial charge in [0.2, 0.25) is 0 Å². The van der Waals surface area contributed by atoms with E-state index in [0.717, 1.165) is 28.8 Å². The van der Waals surface area contributed by atoms with Crippen molar-refractivity contribution in [2.24, 2.45) is 5.73 Å². The summed E-state index contributed by atoms with van der Waals surface area (Å²) in [6.45, 7) is 5.61. The summed E-state index contributed by atoms with van der Waals surface area (Å²) in [6.07, 6.45) is -4.33. The highest BCUT2D eigenvalue weighted by Crippen LogP contribution is 2.32. The van der Waals surface area contributed by atoms with E-state index in [9.17, 15) is 13.2 Å². The van der Waals surface area contributed by atoms with Gasteiger partial charge in [-0.1, -0.05) is 35.4 Å². The normalized spacial score (nSPS) is 13.3. The van der Waals surface area contributed by atoms with Gasteiger partial charge < -0.3 is 5.73 Å². The van der Waals surface area contributed by atoms with Gasteiger partial charge in [0, 0.05) is 0 Å².